The third-order valence-corrected chi connectivity index (χ3v) is 5.47. The minimum atomic E-state index is -0.684. The van der Waals surface area contributed by atoms with E-state index >= 15 is 0 Å². The number of amides is 3. The molecule has 29 heavy (non-hydrogen) atoms. The maximum Gasteiger partial charge on any atom is 0.255 e. The first-order chi connectivity index (χ1) is 14.1. The van der Waals surface area contributed by atoms with Crippen LogP contribution in [0.4, 0.5) is 0 Å². The number of hydrogen-bond acceptors (Lipinski definition) is 6. The van der Waals surface area contributed by atoms with Gasteiger partial charge in [-0.25, -0.2) is 0 Å². The van der Waals surface area contributed by atoms with Crippen LogP contribution in [0.2, 0.25) is 0 Å². The summed E-state index contributed by atoms with van der Waals surface area (Å²) in [5.74, 6) is 0.595. The topological polar surface area (TPSA) is 117 Å². The van der Waals surface area contributed by atoms with E-state index in [2.05, 4.69) is 20.8 Å². The molecule has 2 aliphatic carbocycles. The number of nitrogens with one attached hydrogen (secondary N) is 2. The van der Waals surface area contributed by atoms with Gasteiger partial charge in [0, 0.05) is 17.5 Å². The molecule has 3 aliphatic rings. The average molecular weight is 395 g/mol. The number of benzene rings is 1. The molecule has 2 saturated carbocycles. The van der Waals surface area contributed by atoms with Crippen LogP contribution in [0.1, 0.15) is 65.3 Å². The molecule has 1 atom stereocenters. The zero-order valence-electron chi connectivity index (χ0n) is 15.8. The van der Waals surface area contributed by atoms with E-state index in [-0.39, 0.29) is 36.9 Å². The number of aromatic nitrogens is 2. The number of hydrogen-bond donors (Lipinski definition) is 2. The van der Waals surface area contributed by atoms with Gasteiger partial charge in [0.25, 0.3) is 5.91 Å². The SMILES string of the molecule is O=C(CNC(=O)C1c2ccccc2C(=O)N1C1CC1)NCc1nc(C2CC2)no1. The van der Waals surface area contributed by atoms with Crippen LogP contribution < -0.4 is 10.6 Å². The average Bonchev–Trinajstić information content (AvgIpc) is 3.67. The summed E-state index contributed by atoms with van der Waals surface area (Å²) in [6.07, 6.45) is 3.94. The monoisotopic (exact) mass is 395 g/mol. The van der Waals surface area contributed by atoms with Gasteiger partial charge in [-0.2, -0.15) is 4.98 Å². The van der Waals surface area contributed by atoms with E-state index in [1.54, 1.807) is 23.1 Å². The van der Waals surface area contributed by atoms with E-state index in [0.29, 0.717) is 28.8 Å². The first-order valence-electron chi connectivity index (χ1n) is 9.90. The Morgan fingerprint density at radius 2 is 1.93 bits per heavy atom. The molecule has 9 nitrogen and oxygen atoms in total. The van der Waals surface area contributed by atoms with E-state index in [1.165, 1.54) is 0 Å². The molecule has 0 bridgehead atoms. The van der Waals surface area contributed by atoms with Crippen molar-refractivity contribution < 1.29 is 18.9 Å². The maximum absolute atomic E-state index is 12.8. The van der Waals surface area contributed by atoms with Crippen molar-refractivity contribution in [2.75, 3.05) is 6.54 Å². The van der Waals surface area contributed by atoms with Gasteiger partial charge in [0.1, 0.15) is 6.04 Å². The third kappa shape index (κ3) is 3.48. The van der Waals surface area contributed by atoms with Crippen LogP contribution in [-0.2, 0) is 16.1 Å². The van der Waals surface area contributed by atoms with Crippen molar-refractivity contribution in [2.45, 2.75) is 50.2 Å². The normalized spacial score (nSPS) is 20.5. The van der Waals surface area contributed by atoms with Crippen LogP contribution in [0.15, 0.2) is 28.8 Å². The van der Waals surface area contributed by atoms with Crippen LogP contribution in [-0.4, -0.2) is 45.3 Å². The second kappa shape index (κ2) is 6.98. The number of carbonyl (C=O) groups is 3. The predicted octanol–water partition coefficient (Wildman–Crippen LogP) is 1.04. The van der Waals surface area contributed by atoms with Gasteiger partial charge in [-0.15, -0.1) is 0 Å². The van der Waals surface area contributed by atoms with Crippen molar-refractivity contribution in [3.05, 3.63) is 47.1 Å². The maximum atomic E-state index is 12.8. The Labute approximate surface area is 166 Å². The van der Waals surface area contributed by atoms with Crippen molar-refractivity contribution in [1.82, 2.24) is 25.7 Å². The van der Waals surface area contributed by atoms with E-state index in [0.717, 1.165) is 25.7 Å². The summed E-state index contributed by atoms with van der Waals surface area (Å²) in [6, 6.07) is 6.56. The van der Waals surface area contributed by atoms with Crippen molar-refractivity contribution in [1.29, 1.82) is 0 Å². The van der Waals surface area contributed by atoms with Gasteiger partial charge in [0.2, 0.25) is 17.7 Å². The van der Waals surface area contributed by atoms with Crippen LogP contribution in [0, 0.1) is 0 Å². The predicted molar refractivity (Wildman–Crippen MR) is 99.5 cm³/mol. The Morgan fingerprint density at radius 1 is 1.14 bits per heavy atom. The first kappa shape index (κ1) is 17.8. The Balaban J connectivity index is 1.18. The van der Waals surface area contributed by atoms with E-state index in [1.807, 2.05) is 6.07 Å². The minimum absolute atomic E-state index is 0.0951. The van der Waals surface area contributed by atoms with E-state index in [9.17, 15) is 14.4 Å². The van der Waals surface area contributed by atoms with E-state index < -0.39 is 6.04 Å². The molecule has 2 aromatic rings. The van der Waals surface area contributed by atoms with Gasteiger partial charge in [-0.3, -0.25) is 14.4 Å². The highest BCUT2D eigenvalue weighted by Gasteiger charge is 2.47. The standard InChI is InChI=1S/C20H21N5O4/c26-15(21-10-16-23-18(24-29-16)11-5-6-11)9-22-19(27)17-13-3-1-2-4-14(13)20(28)25(17)12-7-8-12/h1-4,11-12,17H,5-10H2,(H,21,26)(H,22,27). The molecule has 1 aromatic carbocycles. The lowest BCUT2D eigenvalue weighted by Gasteiger charge is -2.24. The fraction of sp³-hybridized carbons (Fsp3) is 0.450. The summed E-state index contributed by atoms with van der Waals surface area (Å²) in [7, 11) is 0. The molecule has 9 heteroatoms. The smallest absolute Gasteiger partial charge is 0.255 e. The number of rotatable bonds is 7. The molecule has 5 rings (SSSR count). The van der Waals surface area contributed by atoms with Gasteiger partial charge in [-0.05, 0) is 37.3 Å². The van der Waals surface area contributed by atoms with Gasteiger partial charge in [-0.1, -0.05) is 23.4 Å². The highest BCUT2D eigenvalue weighted by Crippen LogP contribution is 2.42. The van der Waals surface area contributed by atoms with Gasteiger partial charge in [0.15, 0.2) is 5.82 Å². The number of carbonyl (C=O) groups excluding carboxylic acids is 3. The highest BCUT2D eigenvalue weighted by molar-refractivity contribution is 6.05. The zero-order valence-corrected chi connectivity index (χ0v) is 15.8. The van der Waals surface area contributed by atoms with Crippen LogP contribution >= 0.6 is 0 Å². The zero-order chi connectivity index (χ0) is 20.0. The fourth-order valence-electron chi connectivity index (χ4n) is 3.68. The summed E-state index contributed by atoms with van der Waals surface area (Å²) >= 11 is 0. The molecular formula is C20H21N5O4. The van der Waals surface area contributed by atoms with Crippen molar-refractivity contribution in [3.63, 3.8) is 0 Å². The summed E-state index contributed by atoms with van der Waals surface area (Å²) in [6.45, 7) is -0.0683. The van der Waals surface area contributed by atoms with Crippen molar-refractivity contribution in [2.24, 2.45) is 0 Å². The Hall–Kier alpha value is -3.23. The Bertz CT molecular complexity index is 979. The molecule has 1 unspecified atom stereocenters. The Morgan fingerprint density at radius 3 is 2.69 bits per heavy atom. The molecule has 150 valence electrons. The fourth-order valence-corrected chi connectivity index (χ4v) is 3.68. The first-order valence-corrected chi connectivity index (χ1v) is 9.90. The lowest BCUT2D eigenvalue weighted by atomic mass is 10.0. The lowest BCUT2D eigenvalue weighted by Crippen LogP contribution is -2.43. The molecule has 2 heterocycles. The molecular weight excluding hydrogens is 374 g/mol. The highest BCUT2D eigenvalue weighted by atomic mass is 16.5. The van der Waals surface area contributed by atoms with Gasteiger partial charge >= 0.3 is 0 Å². The lowest BCUT2D eigenvalue weighted by molar-refractivity contribution is -0.129. The molecule has 0 spiro atoms. The molecule has 2 fully saturated rings. The quantitative estimate of drug-likeness (QED) is 0.723. The third-order valence-electron chi connectivity index (χ3n) is 5.47. The largest absolute Gasteiger partial charge is 0.345 e. The molecule has 0 saturated heterocycles. The van der Waals surface area contributed by atoms with Gasteiger partial charge < -0.3 is 20.1 Å². The summed E-state index contributed by atoms with van der Waals surface area (Å²) < 4.78 is 5.11. The summed E-state index contributed by atoms with van der Waals surface area (Å²) in [5.41, 5.74) is 1.26. The van der Waals surface area contributed by atoms with Crippen LogP contribution in [0.25, 0.3) is 0 Å². The van der Waals surface area contributed by atoms with Crippen LogP contribution in [0.5, 0.6) is 0 Å². The number of fused-ring (bicyclic) bond motifs is 1. The second-order valence-electron chi connectivity index (χ2n) is 7.75. The summed E-state index contributed by atoms with van der Waals surface area (Å²) in [4.78, 5) is 43.5. The van der Waals surface area contributed by atoms with Crippen molar-refractivity contribution >= 4 is 17.7 Å². The minimum Gasteiger partial charge on any atom is -0.345 e. The molecule has 3 amide bonds. The Kier molecular flexibility index (Phi) is 4.30. The molecule has 2 N–H and O–H groups in total. The molecule has 0 radical (unpaired) electrons. The summed E-state index contributed by atoms with van der Waals surface area (Å²) in [5, 5.41) is 9.22. The van der Waals surface area contributed by atoms with E-state index in [4.69, 9.17) is 4.52 Å². The van der Waals surface area contributed by atoms with Gasteiger partial charge in [0.05, 0.1) is 13.1 Å². The number of nitrogens with zero attached hydrogens (tertiary/aromatic N) is 3. The molecule has 1 aromatic heterocycles. The molecule has 1 aliphatic heterocycles. The van der Waals surface area contributed by atoms with Crippen LogP contribution in [0.3, 0.4) is 0 Å². The van der Waals surface area contributed by atoms with Crippen molar-refractivity contribution in [3.8, 4) is 0 Å². The second-order valence-corrected chi connectivity index (χ2v) is 7.75.